The molecule has 2 amide bonds. The number of urea groups is 1. The van der Waals surface area contributed by atoms with E-state index in [-0.39, 0.29) is 6.03 Å². The largest absolute Gasteiger partial charge is 0.324 e. The fourth-order valence-corrected chi connectivity index (χ4v) is 3.61. The van der Waals surface area contributed by atoms with Gasteiger partial charge in [0.1, 0.15) is 0 Å². The third-order valence-electron chi connectivity index (χ3n) is 3.98. The van der Waals surface area contributed by atoms with Gasteiger partial charge in [0.2, 0.25) is 0 Å². The van der Waals surface area contributed by atoms with Crippen LogP contribution in [0.4, 0.5) is 10.5 Å². The minimum absolute atomic E-state index is 0.0455. The van der Waals surface area contributed by atoms with Crippen LogP contribution >= 0.6 is 0 Å². The average Bonchev–Trinajstić information content (AvgIpc) is 2.62. The molecule has 1 aromatic heterocycles. The molecule has 23 heavy (non-hydrogen) atoms. The van der Waals surface area contributed by atoms with E-state index in [9.17, 15) is 9.00 Å². The molecule has 1 aliphatic rings. The Morgan fingerprint density at radius 3 is 2.43 bits per heavy atom. The van der Waals surface area contributed by atoms with Crippen molar-refractivity contribution < 1.29 is 9.00 Å². The molecular weight excluding hydrogens is 310 g/mol. The van der Waals surface area contributed by atoms with E-state index in [4.69, 9.17) is 0 Å². The summed E-state index contributed by atoms with van der Waals surface area (Å²) in [4.78, 5) is 20.0. The maximum atomic E-state index is 12.5. The lowest BCUT2D eigenvalue weighted by atomic mass is 10.1. The third-order valence-corrected chi connectivity index (χ3v) is 5.26. The third kappa shape index (κ3) is 3.59. The van der Waals surface area contributed by atoms with Gasteiger partial charge in [0.05, 0.1) is 0 Å². The van der Waals surface area contributed by atoms with Crippen LogP contribution in [0.1, 0.15) is 0 Å². The standard InChI is InChI=1S/C17H19N3O2S/c1-19(17(21)20-9-11-23(22)12-10-20)16-6-4-14(5-7-16)15-3-2-8-18-13-15/h2-8,13H,9-12H2,1H3. The van der Waals surface area contributed by atoms with Gasteiger partial charge in [-0.1, -0.05) is 18.2 Å². The molecular formula is C17H19N3O2S. The Bertz CT molecular complexity index is 694. The average molecular weight is 329 g/mol. The predicted molar refractivity (Wildman–Crippen MR) is 92.9 cm³/mol. The number of carbonyl (C=O) groups is 1. The number of anilines is 1. The Morgan fingerprint density at radius 2 is 1.83 bits per heavy atom. The van der Waals surface area contributed by atoms with E-state index in [2.05, 4.69) is 4.98 Å². The van der Waals surface area contributed by atoms with Gasteiger partial charge in [-0.3, -0.25) is 14.1 Å². The molecule has 120 valence electrons. The smallest absolute Gasteiger partial charge is 0.323 e. The van der Waals surface area contributed by atoms with Crippen LogP contribution in [0, 0.1) is 0 Å². The molecule has 0 bridgehead atoms. The van der Waals surface area contributed by atoms with Crippen LogP contribution in [-0.4, -0.2) is 51.8 Å². The molecule has 1 fully saturated rings. The van der Waals surface area contributed by atoms with Gasteiger partial charge in [-0.15, -0.1) is 0 Å². The number of pyridine rings is 1. The van der Waals surface area contributed by atoms with Gasteiger partial charge >= 0.3 is 6.03 Å². The molecule has 0 aliphatic carbocycles. The number of hydrogen-bond donors (Lipinski definition) is 0. The second-order valence-corrected chi connectivity index (χ2v) is 7.16. The van der Waals surface area contributed by atoms with Crippen LogP contribution in [-0.2, 0) is 10.8 Å². The van der Waals surface area contributed by atoms with Gasteiger partial charge in [0.15, 0.2) is 0 Å². The van der Waals surface area contributed by atoms with Crippen LogP contribution in [0.25, 0.3) is 11.1 Å². The second-order valence-electron chi connectivity index (χ2n) is 5.47. The van der Waals surface area contributed by atoms with Crippen LogP contribution in [0.5, 0.6) is 0 Å². The number of amides is 2. The summed E-state index contributed by atoms with van der Waals surface area (Å²) in [5, 5.41) is 0. The second kappa shape index (κ2) is 6.91. The van der Waals surface area contributed by atoms with Gasteiger partial charge in [0.25, 0.3) is 0 Å². The zero-order valence-corrected chi connectivity index (χ0v) is 13.8. The Kier molecular flexibility index (Phi) is 4.71. The number of hydrogen-bond acceptors (Lipinski definition) is 3. The Hall–Kier alpha value is -2.21. The first-order valence-corrected chi connectivity index (χ1v) is 9.02. The van der Waals surface area contributed by atoms with E-state index in [1.165, 1.54) is 0 Å². The molecule has 3 rings (SSSR count). The number of aromatic nitrogens is 1. The highest BCUT2D eigenvalue weighted by Gasteiger charge is 2.23. The predicted octanol–water partition coefficient (Wildman–Crippen LogP) is 2.37. The summed E-state index contributed by atoms with van der Waals surface area (Å²) in [7, 11) is 0.993. The maximum Gasteiger partial charge on any atom is 0.324 e. The Balaban J connectivity index is 1.71. The molecule has 5 nitrogen and oxygen atoms in total. The molecule has 0 saturated carbocycles. The molecule has 1 saturated heterocycles. The van der Waals surface area contributed by atoms with Crippen LogP contribution < -0.4 is 4.90 Å². The van der Waals surface area contributed by atoms with Crippen molar-refractivity contribution in [3.05, 3.63) is 48.8 Å². The highest BCUT2D eigenvalue weighted by molar-refractivity contribution is 7.85. The molecule has 1 aromatic carbocycles. The monoisotopic (exact) mass is 329 g/mol. The fraction of sp³-hybridized carbons (Fsp3) is 0.294. The lowest BCUT2D eigenvalue weighted by molar-refractivity contribution is 0.211. The first kappa shape index (κ1) is 15.7. The maximum absolute atomic E-state index is 12.5. The molecule has 0 atom stereocenters. The van der Waals surface area contributed by atoms with Crippen molar-refractivity contribution in [1.29, 1.82) is 0 Å². The van der Waals surface area contributed by atoms with E-state index in [0.717, 1.165) is 16.8 Å². The van der Waals surface area contributed by atoms with Crippen LogP contribution in [0.15, 0.2) is 48.8 Å². The quantitative estimate of drug-likeness (QED) is 0.850. The van der Waals surface area contributed by atoms with Gasteiger partial charge in [-0.05, 0) is 29.3 Å². The zero-order chi connectivity index (χ0) is 16.2. The molecule has 2 heterocycles. The summed E-state index contributed by atoms with van der Waals surface area (Å²) in [6.07, 6.45) is 3.56. The van der Waals surface area contributed by atoms with E-state index in [1.54, 1.807) is 23.0 Å². The summed E-state index contributed by atoms with van der Waals surface area (Å²) < 4.78 is 11.4. The minimum Gasteiger partial charge on any atom is -0.323 e. The van der Waals surface area contributed by atoms with Crippen molar-refractivity contribution in [3.63, 3.8) is 0 Å². The van der Waals surface area contributed by atoms with E-state index in [1.807, 2.05) is 42.6 Å². The number of benzene rings is 1. The summed E-state index contributed by atoms with van der Waals surface area (Å²) >= 11 is 0. The topological polar surface area (TPSA) is 53.5 Å². The normalized spacial score (nSPS) is 15.4. The van der Waals surface area contributed by atoms with Crippen molar-refractivity contribution in [2.45, 2.75) is 0 Å². The number of rotatable bonds is 2. The first-order chi connectivity index (χ1) is 11.1. The van der Waals surface area contributed by atoms with Crippen molar-refractivity contribution in [2.75, 3.05) is 36.5 Å². The van der Waals surface area contributed by atoms with E-state index >= 15 is 0 Å². The Labute approximate surface area is 138 Å². The lowest BCUT2D eigenvalue weighted by Crippen LogP contribution is -2.47. The first-order valence-electron chi connectivity index (χ1n) is 7.53. The number of carbonyl (C=O) groups excluding carboxylic acids is 1. The molecule has 0 unspecified atom stereocenters. The Morgan fingerprint density at radius 1 is 1.13 bits per heavy atom. The van der Waals surface area contributed by atoms with Crippen LogP contribution in [0.3, 0.4) is 0 Å². The summed E-state index contributed by atoms with van der Waals surface area (Å²) in [5.41, 5.74) is 2.96. The molecule has 0 spiro atoms. The molecule has 6 heteroatoms. The van der Waals surface area contributed by atoms with Gasteiger partial charge in [-0.2, -0.15) is 0 Å². The zero-order valence-electron chi connectivity index (χ0n) is 13.0. The summed E-state index contributed by atoms with van der Waals surface area (Å²) in [6, 6.07) is 11.7. The van der Waals surface area contributed by atoms with Gasteiger partial charge in [-0.25, -0.2) is 4.79 Å². The van der Waals surface area contributed by atoms with Crippen molar-refractivity contribution in [1.82, 2.24) is 9.88 Å². The highest BCUT2D eigenvalue weighted by atomic mass is 32.2. The molecule has 2 aromatic rings. The van der Waals surface area contributed by atoms with Crippen molar-refractivity contribution in [2.24, 2.45) is 0 Å². The van der Waals surface area contributed by atoms with Gasteiger partial charge in [0, 0.05) is 60.5 Å². The molecule has 0 radical (unpaired) electrons. The summed E-state index contributed by atoms with van der Waals surface area (Å²) in [6.45, 7) is 1.12. The summed E-state index contributed by atoms with van der Waals surface area (Å²) in [5.74, 6) is 1.14. The minimum atomic E-state index is -0.778. The van der Waals surface area contributed by atoms with E-state index in [0.29, 0.717) is 24.6 Å². The SMILES string of the molecule is CN(C(=O)N1CCS(=O)CC1)c1ccc(-c2cccnc2)cc1. The molecule has 1 aliphatic heterocycles. The van der Waals surface area contributed by atoms with Crippen molar-refractivity contribution in [3.8, 4) is 11.1 Å². The van der Waals surface area contributed by atoms with E-state index < -0.39 is 10.8 Å². The van der Waals surface area contributed by atoms with Gasteiger partial charge < -0.3 is 4.90 Å². The highest BCUT2D eigenvalue weighted by Crippen LogP contribution is 2.22. The van der Waals surface area contributed by atoms with Crippen molar-refractivity contribution >= 4 is 22.5 Å². The lowest BCUT2D eigenvalue weighted by Gasteiger charge is -2.30. The molecule has 0 N–H and O–H groups in total. The fourth-order valence-electron chi connectivity index (χ4n) is 2.56. The van der Waals surface area contributed by atoms with Crippen LogP contribution in [0.2, 0.25) is 0 Å². The number of nitrogens with zero attached hydrogens (tertiary/aromatic N) is 3.